The maximum atomic E-state index is 10.8. The largest absolute Gasteiger partial charge is 0.394 e. The fourth-order valence-corrected chi connectivity index (χ4v) is 0.997. The third kappa shape index (κ3) is 6.40. The Morgan fingerprint density at radius 2 is 1.87 bits per heavy atom. The highest BCUT2D eigenvalue weighted by Gasteiger charge is 2.19. The topological polar surface area (TPSA) is 110 Å². The van der Waals surface area contributed by atoms with Crippen LogP contribution in [0.4, 0.5) is 0 Å². The van der Waals surface area contributed by atoms with E-state index in [-0.39, 0.29) is 18.9 Å². The van der Waals surface area contributed by atoms with E-state index in [1.165, 1.54) is 0 Å². The van der Waals surface area contributed by atoms with E-state index in [4.69, 9.17) is 10.2 Å². The highest BCUT2D eigenvalue weighted by Crippen LogP contribution is 2.02. The molecule has 0 radical (unpaired) electrons. The van der Waals surface area contributed by atoms with Gasteiger partial charge in [-0.15, -0.1) is 0 Å². The molecule has 0 bridgehead atoms. The summed E-state index contributed by atoms with van der Waals surface area (Å²) < 4.78 is 0. The molecule has 0 aromatic heterocycles. The number of carbonyl (C=O) groups excluding carboxylic acids is 1. The van der Waals surface area contributed by atoms with E-state index in [1.807, 2.05) is 0 Å². The van der Waals surface area contributed by atoms with Gasteiger partial charge in [-0.05, 0) is 0 Å². The number of hydrogen-bond acceptors (Lipinski definition) is 5. The standard InChI is InChI=1S/C9H19NO5/c1-2-9(15)10-4-6(12)3-7(13)8(14)5-11/h6-8,11-14H,2-5H2,1H3,(H,10,15)/t6-,7?,8+/m0/s1. The Balaban J connectivity index is 3.73. The van der Waals surface area contributed by atoms with Crippen LogP contribution in [0.5, 0.6) is 0 Å². The number of aliphatic hydroxyl groups is 4. The van der Waals surface area contributed by atoms with Crippen molar-refractivity contribution in [3.05, 3.63) is 0 Å². The van der Waals surface area contributed by atoms with Crippen molar-refractivity contribution < 1.29 is 25.2 Å². The Morgan fingerprint density at radius 1 is 1.27 bits per heavy atom. The average Bonchev–Trinajstić information content (AvgIpc) is 2.24. The van der Waals surface area contributed by atoms with Gasteiger partial charge in [0.25, 0.3) is 0 Å². The van der Waals surface area contributed by atoms with Gasteiger partial charge in [0.15, 0.2) is 0 Å². The Morgan fingerprint density at radius 3 is 2.33 bits per heavy atom. The first-order chi connectivity index (χ1) is 7.01. The summed E-state index contributed by atoms with van der Waals surface area (Å²) in [5, 5.41) is 38.5. The molecule has 0 aliphatic rings. The summed E-state index contributed by atoms with van der Waals surface area (Å²) in [6.45, 7) is 1.16. The summed E-state index contributed by atoms with van der Waals surface area (Å²) >= 11 is 0. The summed E-state index contributed by atoms with van der Waals surface area (Å²) in [6, 6.07) is 0. The zero-order chi connectivity index (χ0) is 11.8. The van der Waals surface area contributed by atoms with Crippen molar-refractivity contribution in [2.45, 2.75) is 38.1 Å². The van der Waals surface area contributed by atoms with E-state index in [1.54, 1.807) is 6.92 Å². The van der Waals surface area contributed by atoms with Gasteiger partial charge in [0.1, 0.15) is 6.10 Å². The molecule has 5 N–H and O–H groups in total. The second-order valence-corrected chi connectivity index (χ2v) is 3.36. The van der Waals surface area contributed by atoms with Crippen LogP contribution in [0.15, 0.2) is 0 Å². The SMILES string of the molecule is CCC(=O)NC[C@@H](O)CC(O)[C@H](O)CO. The van der Waals surface area contributed by atoms with E-state index >= 15 is 0 Å². The molecule has 1 amide bonds. The minimum atomic E-state index is -1.26. The fraction of sp³-hybridized carbons (Fsp3) is 0.889. The van der Waals surface area contributed by atoms with E-state index in [0.29, 0.717) is 6.42 Å². The summed E-state index contributed by atoms with van der Waals surface area (Å²) in [4.78, 5) is 10.8. The minimum Gasteiger partial charge on any atom is -0.394 e. The maximum absolute atomic E-state index is 10.8. The van der Waals surface area contributed by atoms with Crippen LogP contribution in [0.1, 0.15) is 19.8 Å². The van der Waals surface area contributed by atoms with Gasteiger partial charge in [0.2, 0.25) is 5.91 Å². The summed E-state index contributed by atoms with van der Waals surface area (Å²) in [6.07, 6.45) is -3.15. The molecule has 0 heterocycles. The Labute approximate surface area is 88.5 Å². The van der Waals surface area contributed by atoms with Crippen molar-refractivity contribution in [1.29, 1.82) is 0 Å². The molecule has 1 unspecified atom stereocenters. The molecule has 0 saturated heterocycles. The lowest BCUT2D eigenvalue weighted by atomic mass is 10.1. The first-order valence-corrected chi connectivity index (χ1v) is 4.93. The van der Waals surface area contributed by atoms with E-state index < -0.39 is 24.9 Å². The predicted molar refractivity (Wildman–Crippen MR) is 53.0 cm³/mol. The van der Waals surface area contributed by atoms with Gasteiger partial charge in [-0.25, -0.2) is 0 Å². The third-order valence-corrected chi connectivity index (χ3v) is 2.00. The predicted octanol–water partition coefficient (Wildman–Crippen LogP) is -2.02. The summed E-state index contributed by atoms with van der Waals surface area (Å²) in [5.41, 5.74) is 0. The molecule has 0 saturated carbocycles. The molecular formula is C9H19NO5. The zero-order valence-corrected chi connectivity index (χ0v) is 8.76. The molecule has 0 spiro atoms. The third-order valence-electron chi connectivity index (χ3n) is 2.00. The maximum Gasteiger partial charge on any atom is 0.219 e. The van der Waals surface area contributed by atoms with Gasteiger partial charge >= 0.3 is 0 Å². The summed E-state index contributed by atoms with van der Waals surface area (Å²) in [5.74, 6) is -0.189. The van der Waals surface area contributed by atoms with Crippen molar-refractivity contribution in [3.63, 3.8) is 0 Å². The lowest BCUT2D eigenvalue weighted by Crippen LogP contribution is -2.38. The fourth-order valence-electron chi connectivity index (χ4n) is 0.997. The molecule has 15 heavy (non-hydrogen) atoms. The monoisotopic (exact) mass is 221 g/mol. The van der Waals surface area contributed by atoms with Gasteiger partial charge in [-0.2, -0.15) is 0 Å². The van der Waals surface area contributed by atoms with Crippen LogP contribution >= 0.6 is 0 Å². The molecular weight excluding hydrogens is 202 g/mol. The van der Waals surface area contributed by atoms with Crippen molar-refractivity contribution in [2.75, 3.05) is 13.2 Å². The number of carbonyl (C=O) groups is 1. The molecule has 6 nitrogen and oxygen atoms in total. The van der Waals surface area contributed by atoms with Gasteiger partial charge < -0.3 is 25.7 Å². The van der Waals surface area contributed by atoms with Crippen LogP contribution in [0, 0.1) is 0 Å². The molecule has 0 aliphatic carbocycles. The van der Waals surface area contributed by atoms with E-state index in [0.717, 1.165) is 0 Å². The first-order valence-electron chi connectivity index (χ1n) is 4.93. The number of amides is 1. The molecule has 0 aromatic rings. The van der Waals surface area contributed by atoms with Gasteiger partial charge in [0.05, 0.1) is 18.8 Å². The van der Waals surface area contributed by atoms with Crippen LogP contribution in [0.3, 0.4) is 0 Å². The molecule has 6 heteroatoms. The first kappa shape index (κ1) is 14.3. The lowest BCUT2D eigenvalue weighted by Gasteiger charge is -2.19. The molecule has 0 rings (SSSR count). The molecule has 3 atom stereocenters. The van der Waals surface area contributed by atoms with Crippen LogP contribution < -0.4 is 5.32 Å². The Bertz CT molecular complexity index is 187. The van der Waals surface area contributed by atoms with Crippen molar-refractivity contribution in [2.24, 2.45) is 0 Å². The number of aliphatic hydroxyl groups excluding tert-OH is 4. The highest BCUT2D eigenvalue weighted by molar-refractivity contribution is 5.75. The molecule has 90 valence electrons. The number of nitrogens with one attached hydrogen (secondary N) is 1. The number of rotatable bonds is 7. The second-order valence-electron chi connectivity index (χ2n) is 3.36. The highest BCUT2D eigenvalue weighted by atomic mass is 16.4. The Kier molecular flexibility index (Phi) is 7.23. The van der Waals surface area contributed by atoms with Crippen LogP contribution in [-0.2, 0) is 4.79 Å². The second kappa shape index (κ2) is 7.58. The van der Waals surface area contributed by atoms with E-state index in [2.05, 4.69) is 5.32 Å². The average molecular weight is 221 g/mol. The van der Waals surface area contributed by atoms with Crippen LogP contribution in [0.25, 0.3) is 0 Å². The van der Waals surface area contributed by atoms with Crippen molar-refractivity contribution >= 4 is 5.91 Å². The lowest BCUT2D eigenvalue weighted by molar-refractivity contribution is -0.121. The van der Waals surface area contributed by atoms with Gasteiger partial charge in [-0.3, -0.25) is 4.79 Å². The van der Waals surface area contributed by atoms with Crippen LogP contribution in [-0.4, -0.2) is 57.8 Å². The smallest absolute Gasteiger partial charge is 0.219 e. The van der Waals surface area contributed by atoms with Crippen molar-refractivity contribution in [1.82, 2.24) is 5.32 Å². The molecule has 0 aliphatic heterocycles. The van der Waals surface area contributed by atoms with E-state index in [9.17, 15) is 15.0 Å². The minimum absolute atomic E-state index is 0.0296. The van der Waals surface area contributed by atoms with Crippen molar-refractivity contribution in [3.8, 4) is 0 Å². The summed E-state index contributed by atoms with van der Waals surface area (Å²) in [7, 11) is 0. The van der Waals surface area contributed by atoms with Crippen LogP contribution in [0.2, 0.25) is 0 Å². The molecule has 0 aromatic carbocycles. The molecule has 0 fully saturated rings. The number of hydrogen-bond donors (Lipinski definition) is 5. The normalized spacial score (nSPS) is 16.9. The van der Waals surface area contributed by atoms with Gasteiger partial charge in [-0.1, -0.05) is 6.92 Å². The zero-order valence-electron chi connectivity index (χ0n) is 8.76. The Hall–Kier alpha value is -0.690. The quantitative estimate of drug-likeness (QED) is 0.341. The van der Waals surface area contributed by atoms with Gasteiger partial charge in [0, 0.05) is 19.4 Å².